The average molecular weight is 286 g/mol. The minimum Gasteiger partial charge on any atom is -0.399 e. The van der Waals surface area contributed by atoms with Crippen LogP contribution in [0.25, 0.3) is 10.9 Å². The number of anilines is 2. The van der Waals surface area contributed by atoms with Gasteiger partial charge in [0.2, 0.25) is 5.95 Å². The molecule has 0 bridgehead atoms. The molecule has 1 fully saturated rings. The molecule has 1 aromatic carbocycles. The number of fused-ring (bicyclic) bond motifs is 1. The van der Waals surface area contributed by atoms with E-state index < -0.39 is 0 Å². The summed E-state index contributed by atoms with van der Waals surface area (Å²) in [7, 11) is 0. The molecule has 3 rings (SSSR count). The standard InChI is InChI=1S/C16H22N4O/c1-9-6-10(2)11(3)20(8-9)16-18-14-5-4-12(17)7-13(14)15(21)19-16/h4-5,7,9-11H,6,8,17H2,1-3H3,(H,18,19,21). The molecule has 3 atom stereocenters. The quantitative estimate of drug-likeness (QED) is 0.789. The molecule has 0 spiro atoms. The molecule has 3 N–H and O–H groups in total. The highest BCUT2D eigenvalue weighted by Gasteiger charge is 2.30. The Kier molecular flexibility index (Phi) is 3.35. The van der Waals surface area contributed by atoms with Crippen molar-refractivity contribution in [1.82, 2.24) is 9.97 Å². The Morgan fingerprint density at radius 2 is 2.10 bits per heavy atom. The maximum atomic E-state index is 12.3. The van der Waals surface area contributed by atoms with E-state index in [0.717, 1.165) is 6.54 Å². The number of benzene rings is 1. The minimum absolute atomic E-state index is 0.125. The van der Waals surface area contributed by atoms with Crippen LogP contribution in [0.2, 0.25) is 0 Å². The van der Waals surface area contributed by atoms with Crippen molar-refractivity contribution < 1.29 is 0 Å². The molecule has 3 unspecified atom stereocenters. The van der Waals surface area contributed by atoms with Crippen molar-refractivity contribution >= 4 is 22.5 Å². The van der Waals surface area contributed by atoms with Gasteiger partial charge in [-0.1, -0.05) is 13.8 Å². The van der Waals surface area contributed by atoms with Gasteiger partial charge >= 0.3 is 0 Å². The molecule has 0 amide bonds. The fourth-order valence-electron chi connectivity index (χ4n) is 3.27. The number of nitrogens with zero attached hydrogens (tertiary/aromatic N) is 2. The summed E-state index contributed by atoms with van der Waals surface area (Å²) in [5, 5.41) is 0.546. The largest absolute Gasteiger partial charge is 0.399 e. The van der Waals surface area contributed by atoms with Crippen molar-refractivity contribution in [2.24, 2.45) is 11.8 Å². The fourth-order valence-corrected chi connectivity index (χ4v) is 3.27. The number of hydrogen-bond acceptors (Lipinski definition) is 4. The molecular weight excluding hydrogens is 264 g/mol. The van der Waals surface area contributed by atoms with Gasteiger partial charge in [-0.25, -0.2) is 4.98 Å². The van der Waals surface area contributed by atoms with Crippen LogP contribution in [0.3, 0.4) is 0 Å². The summed E-state index contributed by atoms with van der Waals surface area (Å²) < 4.78 is 0. The molecule has 1 saturated heterocycles. The van der Waals surface area contributed by atoms with E-state index in [1.807, 2.05) is 6.07 Å². The van der Waals surface area contributed by atoms with Gasteiger partial charge in [0.25, 0.3) is 5.56 Å². The number of aromatic amines is 1. The SMILES string of the molecule is CC1CC(C)C(C)N(c2nc3ccc(N)cc3c(=O)[nH]2)C1. The highest BCUT2D eigenvalue weighted by molar-refractivity contribution is 5.81. The molecular formula is C16H22N4O. The number of nitrogens with two attached hydrogens (primary N) is 1. The molecule has 112 valence electrons. The number of nitrogen functional groups attached to an aromatic ring is 1. The van der Waals surface area contributed by atoms with Crippen LogP contribution in [0.15, 0.2) is 23.0 Å². The van der Waals surface area contributed by atoms with E-state index in [0.29, 0.717) is 40.4 Å². The van der Waals surface area contributed by atoms with Crippen molar-refractivity contribution in [2.75, 3.05) is 17.2 Å². The maximum Gasteiger partial charge on any atom is 0.260 e. The number of aromatic nitrogens is 2. The van der Waals surface area contributed by atoms with Crippen LogP contribution in [0.4, 0.5) is 11.6 Å². The summed E-state index contributed by atoms with van der Waals surface area (Å²) in [5.41, 5.74) is 6.89. The Labute approximate surface area is 124 Å². The van der Waals surface area contributed by atoms with Gasteiger partial charge in [-0.2, -0.15) is 0 Å². The Hall–Kier alpha value is -2.04. The van der Waals surface area contributed by atoms with Crippen LogP contribution in [-0.2, 0) is 0 Å². The lowest BCUT2D eigenvalue weighted by molar-refractivity contribution is 0.294. The van der Waals surface area contributed by atoms with Gasteiger partial charge in [0.05, 0.1) is 10.9 Å². The summed E-state index contributed by atoms with van der Waals surface area (Å²) in [4.78, 5) is 22.1. The lowest BCUT2D eigenvalue weighted by Crippen LogP contribution is -2.47. The van der Waals surface area contributed by atoms with Gasteiger partial charge in [0.15, 0.2) is 0 Å². The predicted octanol–water partition coefficient (Wildman–Crippen LogP) is 2.38. The maximum absolute atomic E-state index is 12.3. The molecule has 2 aromatic rings. The molecule has 5 heteroatoms. The van der Waals surface area contributed by atoms with E-state index in [9.17, 15) is 4.79 Å². The van der Waals surface area contributed by atoms with Crippen LogP contribution >= 0.6 is 0 Å². The number of nitrogens with one attached hydrogen (secondary N) is 1. The Bertz CT molecular complexity index is 724. The molecule has 1 aliphatic heterocycles. The first-order valence-corrected chi connectivity index (χ1v) is 7.52. The topological polar surface area (TPSA) is 75.0 Å². The minimum atomic E-state index is -0.125. The summed E-state index contributed by atoms with van der Waals surface area (Å²) in [5.74, 6) is 1.85. The number of rotatable bonds is 1. The van der Waals surface area contributed by atoms with Gasteiger partial charge in [0, 0.05) is 18.3 Å². The van der Waals surface area contributed by atoms with Gasteiger partial charge in [-0.05, 0) is 43.4 Å². The summed E-state index contributed by atoms with van der Waals surface area (Å²) in [6.45, 7) is 7.63. The Balaban J connectivity index is 2.08. The molecule has 0 saturated carbocycles. The third kappa shape index (κ3) is 2.48. The van der Waals surface area contributed by atoms with Crippen LogP contribution in [0, 0.1) is 11.8 Å². The Morgan fingerprint density at radius 3 is 2.86 bits per heavy atom. The predicted molar refractivity (Wildman–Crippen MR) is 86.5 cm³/mol. The first-order valence-electron chi connectivity index (χ1n) is 7.52. The number of piperidine rings is 1. The molecule has 21 heavy (non-hydrogen) atoms. The van der Waals surface area contributed by atoms with Crippen molar-refractivity contribution in [3.05, 3.63) is 28.6 Å². The van der Waals surface area contributed by atoms with Crippen LogP contribution < -0.4 is 16.2 Å². The second kappa shape index (κ2) is 5.06. The van der Waals surface area contributed by atoms with E-state index >= 15 is 0 Å². The zero-order chi connectivity index (χ0) is 15.1. The van der Waals surface area contributed by atoms with Crippen LogP contribution in [-0.4, -0.2) is 22.6 Å². The van der Waals surface area contributed by atoms with Crippen molar-refractivity contribution in [3.63, 3.8) is 0 Å². The highest BCUT2D eigenvalue weighted by Crippen LogP contribution is 2.29. The molecule has 1 aromatic heterocycles. The molecule has 1 aliphatic rings. The van der Waals surface area contributed by atoms with Crippen LogP contribution in [0.5, 0.6) is 0 Å². The summed E-state index contributed by atoms with van der Waals surface area (Å²) in [6.07, 6.45) is 1.21. The van der Waals surface area contributed by atoms with E-state index in [1.54, 1.807) is 12.1 Å². The van der Waals surface area contributed by atoms with Gasteiger partial charge in [-0.3, -0.25) is 9.78 Å². The lowest BCUT2D eigenvalue weighted by atomic mass is 9.86. The van der Waals surface area contributed by atoms with E-state index in [-0.39, 0.29) is 5.56 Å². The zero-order valence-electron chi connectivity index (χ0n) is 12.8. The third-order valence-electron chi connectivity index (χ3n) is 4.59. The van der Waals surface area contributed by atoms with E-state index in [4.69, 9.17) is 5.73 Å². The second-order valence-corrected chi connectivity index (χ2v) is 6.38. The fraction of sp³-hybridized carbons (Fsp3) is 0.500. The summed E-state index contributed by atoms with van der Waals surface area (Å²) >= 11 is 0. The zero-order valence-corrected chi connectivity index (χ0v) is 12.8. The first kappa shape index (κ1) is 13.9. The smallest absolute Gasteiger partial charge is 0.260 e. The van der Waals surface area contributed by atoms with E-state index in [1.165, 1.54) is 6.42 Å². The first-order chi connectivity index (χ1) is 9.95. The number of H-pyrrole nitrogens is 1. The van der Waals surface area contributed by atoms with Crippen molar-refractivity contribution in [1.29, 1.82) is 0 Å². The number of hydrogen-bond donors (Lipinski definition) is 2. The molecule has 0 radical (unpaired) electrons. The average Bonchev–Trinajstić information content (AvgIpc) is 2.43. The van der Waals surface area contributed by atoms with Gasteiger partial charge in [0.1, 0.15) is 0 Å². The monoisotopic (exact) mass is 286 g/mol. The van der Waals surface area contributed by atoms with Gasteiger partial charge < -0.3 is 10.6 Å². The highest BCUT2D eigenvalue weighted by atomic mass is 16.1. The molecule has 2 heterocycles. The normalized spacial score (nSPS) is 26.2. The van der Waals surface area contributed by atoms with E-state index in [2.05, 4.69) is 35.6 Å². The molecule has 0 aliphatic carbocycles. The third-order valence-corrected chi connectivity index (χ3v) is 4.59. The molecule has 5 nitrogen and oxygen atoms in total. The lowest BCUT2D eigenvalue weighted by Gasteiger charge is -2.41. The van der Waals surface area contributed by atoms with Gasteiger partial charge in [-0.15, -0.1) is 0 Å². The summed E-state index contributed by atoms with van der Waals surface area (Å²) in [6, 6.07) is 5.64. The van der Waals surface area contributed by atoms with Crippen molar-refractivity contribution in [2.45, 2.75) is 33.2 Å². The van der Waals surface area contributed by atoms with Crippen LogP contribution in [0.1, 0.15) is 27.2 Å². The second-order valence-electron chi connectivity index (χ2n) is 6.38. The van der Waals surface area contributed by atoms with Crippen molar-refractivity contribution in [3.8, 4) is 0 Å². The Morgan fingerprint density at radius 1 is 1.33 bits per heavy atom.